The zero-order valence-electron chi connectivity index (χ0n) is 16.3. The van der Waals surface area contributed by atoms with Crippen LogP contribution in [0.5, 0.6) is 0 Å². The number of nitrogens with two attached hydrogens (primary N) is 1. The van der Waals surface area contributed by atoms with Crippen LogP contribution in [0.2, 0.25) is 0 Å². The molecule has 0 aromatic heterocycles. The smallest absolute Gasteiger partial charge is 0.243 e. The number of carbonyl (C=O) groups excluding carboxylic acids is 1. The summed E-state index contributed by atoms with van der Waals surface area (Å²) in [5.74, 6) is 0.811. The van der Waals surface area contributed by atoms with Gasteiger partial charge < -0.3 is 10.6 Å². The first-order chi connectivity index (χ1) is 12.8. The number of carbonyl (C=O) groups is 1. The second kappa shape index (κ2) is 8.29. The molecule has 2 atom stereocenters. The summed E-state index contributed by atoms with van der Waals surface area (Å²) in [7, 11) is -3.51. The van der Waals surface area contributed by atoms with Crippen LogP contribution in [0.15, 0.2) is 29.2 Å². The predicted molar refractivity (Wildman–Crippen MR) is 106 cm³/mol. The van der Waals surface area contributed by atoms with E-state index in [9.17, 15) is 13.2 Å². The third kappa shape index (κ3) is 4.20. The summed E-state index contributed by atoms with van der Waals surface area (Å²) >= 11 is 0. The fourth-order valence-electron chi connectivity index (χ4n) is 4.20. The van der Waals surface area contributed by atoms with Crippen LogP contribution in [0, 0.1) is 11.8 Å². The van der Waals surface area contributed by atoms with E-state index in [0.29, 0.717) is 43.5 Å². The minimum Gasteiger partial charge on any atom is -0.340 e. The molecule has 2 aliphatic rings. The fourth-order valence-corrected chi connectivity index (χ4v) is 5.62. The van der Waals surface area contributed by atoms with Gasteiger partial charge in [0.15, 0.2) is 0 Å². The predicted octanol–water partition coefficient (Wildman–Crippen LogP) is 2.02. The van der Waals surface area contributed by atoms with Gasteiger partial charge in [0.25, 0.3) is 0 Å². The Labute approximate surface area is 162 Å². The molecular weight excluding hydrogens is 362 g/mol. The summed E-state index contributed by atoms with van der Waals surface area (Å²) in [5.41, 5.74) is 6.93. The average molecular weight is 394 g/mol. The normalized spacial score (nSPS) is 24.5. The van der Waals surface area contributed by atoms with Crippen molar-refractivity contribution in [2.24, 2.45) is 17.6 Å². The summed E-state index contributed by atoms with van der Waals surface area (Å²) in [6.07, 6.45) is 2.98. The van der Waals surface area contributed by atoms with Gasteiger partial charge in [0.2, 0.25) is 15.9 Å². The molecule has 6 nitrogen and oxygen atoms in total. The van der Waals surface area contributed by atoms with Crippen molar-refractivity contribution in [2.75, 3.05) is 32.7 Å². The molecule has 2 fully saturated rings. The van der Waals surface area contributed by atoms with E-state index >= 15 is 0 Å². The molecular formula is C20H31N3O3S. The Hall–Kier alpha value is -1.44. The number of hydrogen-bond acceptors (Lipinski definition) is 4. The van der Waals surface area contributed by atoms with Gasteiger partial charge in [-0.3, -0.25) is 4.79 Å². The van der Waals surface area contributed by atoms with Crippen molar-refractivity contribution < 1.29 is 13.2 Å². The van der Waals surface area contributed by atoms with Gasteiger partial charge in [-0.15, -0.1) is 0 Å². The van der Waals surface area contributed by atoms with E-state index < -0.39 is 10.0 Å². The number of sulfonamides is 1. The monoisotopic (exact) mass is 393 g/mol. The highest BCUT2D eigenvalue weighted by Gasteiger charge is 2.37. The number of piperazine rings is 1. The molecule has 1 saturated carbocycles. The van der Waals surface area contributed by atoms with Gasteiger partial charge in [0, 0.05) is 32.1 Å². The first-order valence-corrected chi connectivity index (χ1v) is 11.4. The molecule has 2 N–H and O–H groups in total. The SMILES string of the molecule is CC(C)c1ccc(S(=O)(=O)N2CCN(C(=O)[C@@H]3CCC[C@@H]3CN)CC2)cc1. The summed E-state index contributed by atoms with van der Waals surface area (Å²) < 4.78 is 27.3. The summed E-state index contributed by atoms with van der Waals surface area (Å²) in [5, 5.41) is 0. The van der Waals surface area contributed by atoms with Crippen LogP contribution in [0.4, 0.5) is 0 Å². The van der Waals surface area contributed by atoms with Gasteiger partial charge in [-0.1, -0.05) is 32.4 Å². The zero-order valence-corrected chi connectivity index (χ0v) is 17.1. The number of benzene rings is 1. The molecule has 0 spiro atoms. The highest BCUT2D eigenvalue weighted by Crippen LogP contribution is 2.33. The third-order valence-electron chi connectivity index (χ3n) is 6.01. The Morgan fingerprint density at radius 3 is 2.30 bits per heavy atom. The van der Waals surface area contributed by atoms with Gasteiger partial charge in [0.1, 0.15) is 0 Å². The molecule has 1 amide bonds. The molecule has 3 rings (SSSR count). The minimum absolute atomic E-state index is 0.0155. The molecule has 1 aliphatic carbocycles. The van der Waals surface area contributed by atoms with Crippen molar-refractivity contribution in [1.82, 2.24) is 9.21 Å². The standard InChI is InChI=1S/C20H31N3O3S/c1-15(2)16-6-8-18(9-7-16)27(25,26)23-12-10-22(11-13-23)20(24)19-5-3-4-17(19)14-21/h6-9,15,17,19H,3-5,10-14,21H2,1-2H3/t17-,19-/m1/s1. The molecule has 0 unspecified atom stereocenters. The largest absolute Gasteiger partial charge is 0.340 e. The van der Waals surface area contributed by atoms with Crippen molar-refractivity contribution in [1.29, 1.82) is 0 Å². The molecule has 0 radical (unpaired) electrons. The third-order valence-corrected chi connectivity index (χ3v) is 7.93. The first-order valence-electron chi connectivity index (χ1n) is 9.93. The summed E-state index contributed by atoms with van der Waals surface area (Å²) in [6, 6.07) is 7.13. The quantitative estimate of drug-likeness (QED) is 0.829. The van der Waals surface area contributed by atoms with Crippen LogP contribution in [0.25, 0.3) is 0 Å². The Balaban J connectivity index is 1.63. The molecule has 150 valence electrons. The lowest BCUT2D eigenvalue weighted by atomic mass is 9.94. The van der Waals surface area contributed by atoms with Crippen molar-refractivity contribution >= 4 is 15.9 Å². The number of nitrogens with zero attached hydrogens (tertiary/aromatic N) is 2. The molecule has 1 saturated heterocycles. The Morgan fingerprint density at radius 2 is 1.74 bits per heavy atom. The first kappa shape index (κ1) is 20.3. The van der Waals surface area contributed by atoms with Crippen molar-refractivity contribution in [2.45, 2.75) is 43.9 Å². The number of rotatable bonds is 5. The molecule has 1 aromatic rings. The topological polar surface area (TPSA) is 83.7 Å². The minimum atomic E-state index is -3.51. The molecule has 0 bridgehead atoms. The average Bonchev–Trinajstić information content (AvgIpc) is 3.16. The maximum atomic E-state index is 12.9. The molecule has 1 aliphatic heterocycles. The fraction of sp³-hybridized carbons (Fsp3) is 0.650. The van der Waals surface area contributed by atoms with Crippen molar-refractivity contribution in [3.05, 3.63) is 29.8 Å². The van der Waals surface area contributed by atoms with Crippen LogP contribution in [-0.2, 0) is 14.8 Å². The summed E-state index contributed by atoms with van der Waals surface area (Å²) in [4.78, 5) is 15.0. The Kier molecular flexibility index (Phi) is 6.23. The van der Waals surface area contributed by atoms with Gasteiger partial charge in [-0.25, -0.2) is 8.42 Å². The van der Waals surface area contributed by atoms with E-state index in [2.05, 4.69) is 13.8 Å². The molecule has 7 heteroatoms. The van der Waals surface area contributed by atoms with E-state index in [0.717, 1.165) is 24.8 Å². The van der Waals surface area contributed by atoms with Crippen LogP contribution in [0.1, 0.15) is 44.6 Å². The van der Waals surface area contributed by atoms with E-state index in [1.165, 1.54) is 4.31 Å². The van der Waals surface area contributed by atoms with Gasteiger partial charge in [0.05, 0.1) is 4.90 Å². The van der Waals surface area contributed by atoms with Gasteiger partial charge in [-0.05, 0) is 48.9 Å². The lowest BCUT2D eigenvalue weighted by molar-refractivity contribution is -0.137. The Bertz CT molecular complexity index is 753. The lowest BCUT2D eigenvalue weighted by Crippen LogP contribution is -2.52. The van der Waals surface area contributed by atoms with E-state index in [4.69, 9.17) is 5.73 Å². The maximum absolute atomic E-state index is 12.9. The highest BCUT2D eigenvalue weighted by atomic mass is 32.2. The van der Waals surface area contributed by atoms with Crippen LogP contribution < -0.4 is 5.73 Å². The number of amides is 1. The van der Waals surface area contributed by atoms with Gasteiger partial charge >= 0.3 is 0 Å². The molecule has 27 heavy (non-hydrogen) atoms. The van der Waals surface area contributed by atoms with Crippen molar-refractivity contribution in [3.8, 4) is 0 Å². The van der Waals surface area contributed by atoms with E-state index in [1.807, 2.05) is 17.0 Å². The molecule has 1 aromatic carbocycles. The number of hydrogen-bond donors (Lipinski definition) is 1. The highest BCUT2D eigenvalue weighted by molar-refractivity contribution is 7.89. The molecule has 1 heterocycles. The van der Waals surface area contributed by atoms with E-state index in [-0.39, 0.29) is 17.7 Å². The second-order valence-electron chi connectivity index (χ2n) is 7.99. The van der Waals surface area contributed by atoms with E-state index in [1.54, 1.807) is 12.1 Å². The maximum Gasteiger partial charge on any atom is 0.243 e. The van der Waals surface area contributed by atoms with Gasteiger partial charge in [-0.2, -0.15) is 4.31 Å². The summed E-state index contributed by atoms with van der Waals surface area (Å²) in [6.45, 7) is 6.32. The Morgan fingerprint density at radius 1 is 1.11 bits per heavy atom. The zero-order chi connectivity index (χ0) is 19.6. The van der Waals surface area contributed by atoms with Crippen molar-refractivity contribution in [3.63, 3.8) is 0 Å². The lowest BCUT2D eigenvalue weighted by Gasteiger charge is -2.36. The van der Waals surface area contributed by atoms with Crippen LogP contribution >= 0.6 is 0 Å². The van der Waals surface area contributed by atoms with Crippen LogP contribution in [0.3, 0.4) is 0 Å². The van der Waals surface area contributed by atoms with Crippen LogP contribution in [-0.4, -0.2) is 56.3 Å². The second-order valence-corrected chi connectivity index (χ2v) is 9.92.